The number of pyridine rings is 1. The lowest BCUT2D eigenvalue weighted by Gasteiger charge is -2.26. The fourth-order valence-corrected chi connectivity index (χ4v) is 6.23. The van der Waals surface area contributed by atoms with Crippen LogP contribution in [-0.4, -0.2) is 73.0 Å². The third-order valence-electron chi connectivity index (χ3n) is 7.89. The Labute approximate surface area is 244 Å². The van der Waals surface area contributed by atoms with Crippen molar-refractivity contribution in [2.45, 2.75) is 45.3 Å². The first-order chi connectivity index (χ1) is 19.7. The van der Waals surface area contributed by atoms with Gasteiger partial charge in [0.1, 0.15) is 34.5 Å². The molecule has 2 fully saturated rings. The Kier molecular flexibility index (Phi) is 6.90. The van der Waals surface area contributed by atoms with Gasteiger partial charge in [0.15, 0.2) is 5.78 Å². The fraction of sp³-hybridized carbons (Fsp3) is 0.345. The van der Waals surface area contributed by atoms with E-state index in [0.29, 0.717) is 40.2 Å². The average Bonchev–Trinajstić information content (AvgIpc) is 3.35. The summed E-state index contributed by atoms with van der Waals surface area (Å²) in [7, 11) is 1.63. The molecule has 11 nitrogen and oxygen atoms in total. The highest BCUT2D eigenvalue weighted by Crippen LogP contribution is 2.59. The number of halogens is 1. The summed E-state index contributed by atoms with van der Waals surface area (Å²) in [6.45, 7) is 3.62. The molecule has 1 unspecified atom stereocenters. The number of aryl methyl sites for hydroxylation is 1. The molecule has 4 heterocycles. The molecule has 41 heavy (non-hydrogen) atoms. The number of amides is 2. The van der Waals surface area contributed by atoms with Crippen LogP contribution in [0, 0.1) is 12.3 Å². The number of nitrogens with zero attached hydrogens (tertiary/aromatic N) is 6. The largest absolute Gasteiger partial charge is 0.384 e. The van der Waals surface area contributed by atoms with Crippen LogP contribution in [0.15, 0.2) is 53.4 Å². The van der Waals surface area contributed by atoms with E-state index in [1.165, 1.54) is 6.92 Å². The van der Waals surface area contributed by atoms with Crippen LogP contribution in [0.1, 0.15) is 36.1 Å². The van der Waals surface area contributed by atoms with Gasteiger partial charge in [-0.2, -0.15) is 5.10 Å². The lowest BCUT2D eigenvalue weighted by molar-refractivity contribution is -0.138. The molecule has 1 saturated heterocycles. The minimum absolute atomic E-state index is 0.108. The predicted octanol–water partition coefficient (Wildman–Crippen LogP) is 3.81. The van der Waals surface area contributed by atoms with Gasteiger partial charge in [-0.25, -0.2) is 15.0 Å². The smallest absolute Gasteiger partial charge is 0.248 e. The van der Waals surface area contributed by atoms with Gasteiger partial charge in [-0.3, -0.25) is 19.1 Å². The van der Waals surface area contributed by atoms with E-state index in [-0.39, 0.29) is 41.3 Å². The fourth-order valence-electron chi connectivity index (χ4n) is 5.89. The van der Waals surface area contributed by atoms with Gasteiger partial charge in [0.2, 0.25) is 11.8 Å². The summed E-state index contributed by atoms with van der Waals surface area (Å²) >= 11 is 3.32. The minimum atomic E-state index is -0.681. The summed E-state index contributed by atoms with van der Waals surface area (Å²) < 4.78 is 7.61. The van der Waals surface area contributed by atoms with Crippen molar-refractivity contribution >= 4 is 50.2 Å². The van der Waals surface area contributed by atoms with E-state index in [0.717, 1.165) is 17.5 Å². The van der Waals surface area contributed by atoms with Crippen LogP contribution in [0.5, 0.6) is 0 Å². The van der Waals surface area contributed by atoms with Crippen LogP contribution < -0.4 is 5.32 Å². The van der Waals surface area contributed by atoms with E-state index in [2.05, 4.69) is 41.3 Å². The summed E-state index contributed by atoms with van der Waals surface area (Å²) in [5, 5.41) is 8.03. The number of methoxy groups -OCH3 is 1. The van der Waals surface area contributed by atoms with Gasteiger partial charge in [0, 0.05) is 48.8 Å². The van der Waals surface area contributed by atoms with Crippen LogP contribution >= 0.6 is 15.9 Å². The number of nitrogens with one attached hydrogen (secondary N) is 1. The SMILES string of the molecule is COCC12C[C@@H]1N(C(=O)Cn1nc(C(C)=O)c3cc(-c4cnc(C)nc4)ccc31)[C@H](C(=O)Nc1cccc(Br)n1)C2. The number of likely N-dealkylation sites (tertiary alicyclic amines) is 1. The first-order valence-electron chi connectivity index (χ1n) is 13.2. The van der Waals surface area contributed by atoms with Crippen molar-refractivity contribution in [1.29, 1.82) is 0 Å². The Morgan fingerprint density at radius 1 is 1.12 bits per heavy atom. The molecule has 0 spiro atoms. The van der Waals surface area contributed by atoms with Crippen molar-refractivity contribution in [3.8, 4) is 11.1 Å². The number of ketones is 1. The summed E-state index contributed by atoms with van der Waals surface area (Å²) in [4.78, 5) is 54.4. The standard InChI is InChI=1S/C29H28BrN7O4/c1-16(38)27-20-9-18(19-12-31-17(2)32-13-19)7-8-21(20)36(35-27)14-26(39)37-22(10-29(15-41-3)11-23(29)37)28(40)34-25-6-4-5-24(30)33-25/h4-9,12-13,22-23H,10-11,14-15H2,1-3H3,(H,33,34,40)/t22-,23-,29?/m0/s1. The van der Waals surface area contributed by atoms with Crippen molar-refractivity contribution in [3.05, 3.63) is 64.9 Å². The Hall–Kier alpha value is -4.03. The zero-order valence-corrected chi connectivity index (χ0v) is 24.4. The quantitative estimate of drug-likeness (QED) is 0.233. The molecule has 1 aromatic carbocycles. The highest BCUT2D eigenvalue weighted by atomic mass is 79.9. The highest BCUT2D eigenvalue weighted by molar-refractivity contribution is 9.10. The Morgan fingerprint density at radius 2 is 1.90 bits per heavy atom. The Balaban J connectivity index is 1.30. The zero-order valence-electron chi connectivity index (χ0n) is 22.8. The molecule has 6 rings (SSSR count). The number of carbonyl (C=O) groups is 3. The molecule has 0 bridgehead atoms. The average molecular weight is 618 g/mol. The van der Waals surface area contributed by atoms with Crippen molar-refractivity contribution in [1.82, 2.24) is 29.6 Å². The van der Waals surface area contributed by atoms with Crippen LogP contribution in [0.25, 0.3) is 22.0 Å². The number of aromatic nitrogens is 5. The molecule has 2 amide bonds. The predicted molar refractivity (Wildman–Crippen MR) is 154 cm³/mol. The molecule has 3 atom stereocenters. The topological polar surface area (TPSA) is 132 Å². The Bertz CT molecular complexity index is 1690. The van der Waals surface area contributed by atoms with Crippen LogP contribution in [0.3, 0.4) is 0 Å². The number of anilines is 1. The molecule has 1 aliphatic carbocycles. The van der Waals surface area contributed by atoms with Gasteiger partial charge in [-0.1, -0.05) is 12.1 Å². The minimum Gasteiger partial charge on any atom is -0.384 e. The van der Waals surface area contributed by atoms with Crippen LogP contribution in [0.4, 0.5) is 5.82 Å². The number of hydrogen-bond acceptors (Lipinski definition) is 8. The van der Waals surface area contributed by atoms with Crippen molar-refractivity contribution < 1.29 is 19.1 Å². The second kappa shape index (κ2) is 10.4. The van der Waals surface area contributed by atoms with Crippen molar-refractivity contribution in [2.24, 2.45) is 5.41 Å². The van der Waals surface area contributed by atoms with E-state index in [1.807, 2.05) is 25.1 Å². The molecule has 4 aromatic rings. The monoisotopic (exact) mass is 617 g/mol. The number of ether oxygens (including phenoxy) is 1. The number of fused-ring (bicyclic) bond motifs is 2. The third kappa shape index (κ3) is 5.02. The lowest BCUT2D eigenvalue weighted by atomic mass is 10.00. The number of carbonyl (C=O) groups excluding carboxylic acids is 3. The maximum absolute atomic E-state index is 13.9. The van der Waals surface area contributed by atoms with E-state index in [9.17, 15) is 14.4 Å². The number of benzene rings is 1. The molecular weight excluding hydrogens is 590 g/mol. The second-order valence-corrected chi connectivity index (χ2v) is 11.5. The van der Waals surface area contributed by atoms with E-state index >= 15 is 0 Å². The number of hydrogen-bond donors (Lipinski definition) is 1. The third-order valence-corrected chi connectivity index (χ3v) is 8.33. The first kappa shape index (κ1) is 27.2. The van der Waals surface area contributed by atoms with Gasteiger partial charge < -0.3 is 15.0 Å². The number of piperidine rings is 1. The van der Waals surface area contributed by atoms with Crippen molar-refractivity contribution in [2.75, 3.05) is 19.0 Å². The normalized spacial score (nSPS) is 21.1. The molecule has 1 N–H and O–H groups in total. The van der Waals surface area contributed by atoms with E-state index in [1.54, 1.807) is 47.3 Å². The maximum Gasteiger partial charge on any atom is 0.248 e. The maximum atomic E-state index is 13.9. The van der Waals surface area contributed by atoms with Crippen LogP contribution in [0.2, 0.25) is 0 Å². The summed E-state index contributed by atoms with van der Waals surface area (Å²) in [6, 6.07) is 10.1. The Morgan fingerprint density at radius 3 is 2.61 bits per heavy atom. The van der Waals surface area contributed by atoms with Gasteiger partial charge in [0.25, 0.3) is 0 Å². The van der Waals surface area contributed by atoms with Gasteiger partial charge >= 0.3 is 0 Å². The number of rotatable bonds is 8. The van der Waals surface area contributed by atoms with E-state index < -0.39 is 6.04 Å². The lowest BCUT2D eigenvalue weighted by Crippen LogP contribution is -2.46. The van der Waals surface area contributed by atoms with Crippen LogP contribution in [-0.2, 0) is 20.9 Å². The zero-order chi connectivity index (χ0) is 28.9. The highest BCUT2D eigenvalue weighted by Gasteiger charge is 2.67. The van der Waals surface area contributed by atoms with Gasteiger partial charge in [-0.15, -0.1) is 0 Å². The van der Waals surface area contributed by atoms with Gasteiger partial charge in [-0.05, 0) is 65.5 Å². The molecule has 210 valence electrons. The molecule has 1 saturated carbocycles. The van der Waals surface area contributed by atoms with Gasteiger partial charge in [0.05, 0.1) is 12.1 Å². The molecule has 2 aliphatic rings. The van der Waals surface area contributed by atoms with Crippen molar-refractivity contribution in [3.63, 3.8) is 0 Å². The number of Topliss-reactive ketones (excluding diaryl/α,β-unsaturated/α-hetero) is 1. The summed E-state index contributed by atoms with van der Waals surface area (Å²) in [6.07, 6.45) is 4.73. The van der Waals surface area contributed by atoms with E-state index in [4.69, 9.17) is 4.74 Å². The summed E-state index contributed by atoms with van der Waals surface area (Å²) in [5.74, 6) is 0.309. The molecule has 1 aliphatic heterocycles. The second-order valence-electron chi connectivity index (χ2n) is 10.7. The summed E-state index contributed by atoms with van der Waals surface area (Å²) in [5.41, 5.74) is 2.33. The molecule has 12 heteroatoms. The molecule has 3 aromatic heterocycles. The first-order valence-corrected chi connectivity index (χ1v) is 14.0. The molecular formula is C29H28BrN7O4. The molecule has 0 radical (unpaired) electrons.